The Hall–Kier alpha value is 4.36. The minimum Gasteiger partial charge on any atom is -0.822 e. The van der Waals surface area contributed by atoms with E-state index in [0.29, 0.717) is 19.3 Å². The third-order valence-electron chi connectivity index (χ3n) is 0.644. The first-order valence-corrected chi connectivity index (χ1v) is 4.48. The van der Waals surface area contributed by atoms with Crippen molar-refractivity contribution < 1.29 is 183 Å². The van der Waals surface area contributed by atoms with Gasteiger partial charge in [0.1, 0.15) is 12.6 Å². The summed E-state index contributed by atoms with van der Waals surface area (Å²) < 4.78 is 8.55. The van der Waals surface area contributed by atoms with Crippen LogP contribution in [0.3, 0.4) is 0 Å². The van der Waals surface area contributed by atoms with Crippen LogP contribution >= 0.6 is 7.82 Å². The van der Waals surface area contributed by atoms with Crippen LogP contribution in [0.4, 0.5) is 0 Å². The summed E-state index contributed by atoms with van der Waals surface area (Å²) in [6.45, 7) is 0. The number of rotatable bonds is 4. The molecule has 0 N–H and O–H groups in total. The summed E-state index contributed by atoms with van der Waals surface area (Å²) >= 11 is 0. The second kappa shape index (κ2) is 23.5. The SMILES string of the molecule is O=CCCCC=O.O=P([O-])([O-])[O-].[K+].[K+].[K+]. The van der Waals surface area contributed by atoms with Crippen LogP contribution in [0.2, 0.25) is 0 Å². The van der Waals surface area contributed by atoms with Crippen LogP contribution < -0.4 is 169 Å². The van der Waals surface area contributed by atoms with Gasteiger partial charge in [-0.2, -0.15) is 7.82 Å². The molecule has 0 heterocycles. The van der Waals surface area contributed by atoms with Crippen LogP contribution in [-0.4, -0.2) is 12.6 Å². The number of hydrogen-bond donors (Lipinski definition) is 0. The average molecular weight is 312 g/mol. The van der Waals surface area contributed by atoms with Crippen molar-refractivity contribution in [3.63, 3.8) is 0 Å². The van der Waals surface area contributed by atoms with Gasteiger partial charge in [-0.15, -0.1) is 0 Å². The van der Waals surface area contributed by atoms with Crippen molar-refractivity contribution in [1.29, 1.82) is 0 Å². The van der Waals surface area contributed by atoms with Crippen molar-refractivity contribution in [1.82, 2.24) is 0 Å². The van der Waals surface area contributed by atoms with Crippen molar-refractivity contribution in [3.8, 4) is 0 Å². The zero-order valence-corrected chi connectivity index (χ0v) is 19.4. The molecular weight excluding hydrogens is 304 g/mol. The van der Waals surface area contributed by atoms with Crippen molar-refractivity contribution in [2.45, 2.75) is 19.3 Å². The zero-order chi connectivity index (χ0) is 10.0. The Morgan fingerprint density at radius 3 is 1.20 bits per heavy atom. The molecule has 0 aliphatic carbocycles. The smallest absolute Gasteiger partial charge is 0.822 e. The van der Waals surface area contributed by atoms with Gasteiger partial charge in [0.25, 0.3) is 0 Å². The Balaban J connectivity index is -0.0000000383. The molecule has 0 aromatic rings. The molecule has 0 unspecified atom stereocenters. The van der Waals surface area contributed by atoms with E-state index in [1.807, 2.05) is 0 Å². The molecule has 0 aliphatic rings. The third kappa shape index (κ3) is 70.3. The summed E-state index contributed by atoms with van der Waals surface area (Å²) in [7, 11) is -5.39. The largest absolute Gasteiger partial charge is 1.00 e. The fraction of sp³-hybridized carbons (Fsp3) is 0.600. The Labute approximate surface area is 216 Å². The second-order valence-corrected chi connectivity index (χ2v) is 2.61. The molecule has 0 aliphatic heterocycles. The molecule has 15 heavy (non-hydrogen) atoms. The average Bonchev–Trinajstić information content (AvgIpc) is 1.85. The van der Waals surface area contributed by atoms with E-state index < -0.39 is 7.82 Å². The summed E-state index contributed by atoms with van der Waals surface area (Å²) in [6, 6.07) is 0. The Bertz CT molecular complexity index is 156. The van der Waals surface area contributed by atoms with Crippen molar-refractivity contribution in [3.05, 3.63) is 0 Å². The molecule has 0 fully saturated rings. The van der Waals surface area contributed by atoms with E-state index in [2.05, 4.69) is 0 Å². The molecule has 0 aromatic carbocycles. The minimum atomic E-state index is -5.39. The van der Waals surface area contributed by atoms with Crippen LogP contribution in [0.15, 0.2) is 0 Å². The fourth-order valence-electron chi connectivity index (χ4n) is 0.285. The third-order valence-corrected chi connectivity index (χ3v) is 0.644. The molecular formula is C5H8K3O6P. The molecule has 10 heteroatoms. The summed E-state index contributed by atoms with van der Waals surface area (Å²) in [5.41, 5.74) is 0. The maximum Gasteiger partial charge on any atom is 1.00 e. The van der Waals surface area contributed by atoms with Gasteiger partial charge in [-0.3, -0.25) is 0 Å². The van der Waals surface area contributed by atoms with Gasteiger partial charge in [0.2, 0.25) is 0 Å². The molecule has 0 saturated heterocycles. The topological polar surface area (TPSA) is 120 Å². The van der Waals surface area contributed by atoms with Gasteiger partial charge < -0.3 is 28.8 Å². The van der Waals surface area contributed by atoms with E-state index >= 15 is 0 Å². The van der Waals surface area contributed by atoms with Gasteiger partial charge in [-0.05, 0) is 6.42 Å². The van der Waals surface area contributed by atoms with E-state index in [1.54, 1.807) is 0 Å². The van der Waals surface area contributed by atoms with E-state index in [1.165, 1.54) is 0 Å². The van der Waals surface area contributed by atoms with E-state index in [0.717, 1.165) is 12.6 Å². The summed E-state index contributed by atoms with van der Waals surface area (Å²) in [5, 5.41) is 0. The van der Waals surface area contributed by atoms with E-state index in [4.69, 9.17) is 19.2 Å². The molecule has 0 atom stereocenters. The van der Waals surface area contributed by atoms with Gasteiger partial charge in [-0.1, -0.05) is 0 Å². The summed E-state index contributed by atoms with van der Waals surface area (Å²) in [5.74, 6) is 0. The number of carbonyl (C=O) groups excluding carboxylic acids is 2. The van der Waals surface area contributed by atoms with E-state index in [-0.39, 0.29) is 154 Å². The number of hydrogen-bond acceptors (Lipinski definition) is 6. The summed E-state index contributed by atoms with van der Waals surface area (Å²) in [4.78, 5) is 44.8. The van der Waals surface area contributed by atoms with E-state index in [9.17, 15) is 9.59 Å². The number of aldehydes is 2. The Kier molecular flexibility index (Phi) is 49.5. The molecule has 0 radical (unpaired) electrons. The molecule has 0 aromatic heterocycles. The standard InChI is InChI=1S/C5H8O2.3K.H3O4P/c6-4-2-1-3-5-7;;;;1-5(2,3)4/h4-5H,1-3H2;;;;(H3,1,2,3,4)/q;3*+1;/p-3. The van der Waals surface area contributed by atoms with Gasteiger partial charge in [0, 0.05) is 12.8 Å². The molecule has 0 spiro atoms. The first-order chi connectivity index (χ1) is 5.41. The Morgan fingerprint density at radius 2 is 1.07 bits per heavy atom. The molecule has 0 bridgehead atoms. The molecule has 72 valence electrons. The van der Waals surface area contributed by atoms with Crippen LogP contribution in [0.1, 0.15) is 19.3 Å². The minimum absolute atomic E-state index is 0. The predicted molar refractivity (Wildman–Crippen MR) is 33.6 cm³/mol. The van der Waals surface area contributed by atoms with Crippen LogP contribution in [0.5, 0.6) is 0 Å². The number of phosphoric acid groups is 1. The molecule has 6 nitrogen and oxygen atoms in total. The maximum atomic E-state index is 9.56. The number of unbranched alkanes of at least 4 members (excludes halogenated alkanes) is 2. The van der Waals surface area contributed by atoms with Crippen LogP contribution in [0.25, 0.3) is 0 Å². The van der Waals surface area contributed by atoms with Gasteiger partial charge in [0.15, 0.2) is 0 Å². The Morgan fingerprint density at radius 1 is 0.867 bits per heavy atom. The summed E-state index contributed by atoms with van der Waals surface area (Å²) in [6.07, 6.45) is 3.37. The van der Waals surface area contributed by atoms with Gasteiger partial charge in [0.05, 0.1) is 0 Å². The molecule has 0 rings (SSSR count). The van der Waals surface area contributed by atoms with Crippen molar-refractivity contribution >= 4 is 20.4 Å². The number of carbonyl (C=O) groups is 2. The van der Waals surface area contributed by atoms with Gasteiger partial charge >= 0.3 is 154 Å². The van der Waals surface area contributed by atoms with Crippen molar-refractivity contribution in [2.75, 3.05) is 0 Å². The second-order valence-electron chi connectivity index (χ2n) is 1.71. The predicted octanol–water partition coefficient (Wildman–Crippen LogP) is -11.3. The van der Waals surface area contributed by atoms with Gasteiger partial charge in [-0.25, -0.2) is 0 Å². The molecule has 0 amide bonds. The first kappa shape index (κ1) is 31.6. The zero-order valence-electron chi connectivity index (χ0n) is 9.17. The van der Waals surface area contributed by atoms with Crippen LogP contribution in [0, 0.1) is 0 Å². The molecule has 0 saturated carbocycles. The van der Waals surface area contributed by atoms with Crippen LogP contribution in [-0.2, 0) is 14.2 Å². The monoisotopic (exact) mass is 312 g/mol. The maximum absolute atomic E-state index is 9.56. The fourth-order valence-corrected chi connectivity index (χ4v) is 0.285. The normalized spacial score (nSPS) is 7.67. The quantitative estimate of drug-likeness (QED) is 0.220. The van der Waals surface area contributed by atoms with Crippen molar-refractivity contribution in [2.24, 2.45) is 0 Å². The first-order valence-electron chi connectivity index (χ1n) is 3.02.